The van der Waals surface area contributed by atoms with Crippen molar-refractivity contribution in [2.24, 2.45) is 5.92 Å². The van der Waals surface area contributed by atoms with Gasteiger partial charge >= 0.3 is 0 Å². The number of hydrogen-bond donors (Lipinski definition) is 2. The number of pyridine rings is 1. The molecule has 0 spiro atoms. The first-order valence-corrected chi connectivity index (χ1v) is 8.79. The van der Waals surface area contributed by atoms with Gasteiger partial charge in [0.05, 0.1) is 5.69 Å². The molecule has 1 atom stereocenters. The topological polar surface area (TPSA) is 74.3 Å². The molecule has 6 nitrogen and oxygen atoms in total. The minimum atomic E-state index is -3.57. The van der Waals surface area contributed by atoms with E-state index >= 15 is 0 Å². The van der Waals surface area contributed by atoms with E-state index < -0.39 is 10.0 Å². The van der Waals surface area contributed by atoms with Crippen molar-refractivity contribution < 1.29 is 8.42 Å². The van der Waals surface area contributed by atoms with Gasteiger partial charge in [0, 0.05) is 32.4 Å². The molecule has 1 aliphatic heterocycles. The van der Waals surface area contributed by atoms with Gasteiger partial charge in [0.2, 0.25) is 0 Å². The van der Waals surface area contributed by atoms with Crippen molar-refractivity contribution in [3.05, 3.63) is 18.3 Å². The average Bonchev–Trinajstić information content (AvgIpc) is 2.94. The van der Waals surface area contributed by atoms with Crippen LogP contribution in [0.1, 0.15) is 20.3 Å². The fourth-order valence-electron chi connectivity index (χ4n) is 2.59. The minimum absolute atomic E-state index is 0.0613. The zero-order valence-corrected chi connectivity index (χ0v) is 13.7. The first-order chi connectivity index (χ1) is 9.94. The summed E-state index contributed by atoms with van der Waals surface area (Å²) < 4.78 is 27.4. The molecular formula is C14H24N4O2S. The Labute approximate surface area is 127 Å². The summed E-state index contributed by atoms with van der Waals surface area (Å²) in [6.07, 6.45) is 2.52. The molecule has 7 heteroatoms. The van der Waals surface area contributed by atoms with Crippen LogP contribution >= 0.6 is 0 Å². The lowest BCUT2D eigenvalue weighted by Gasteiger charge is -2.20. The van der Waals surface area contributed by atoms with E-state index in [1.807, 2.05) is 0 Å². The maximum Gasteiger partial charge on any atom is 0.260 e. The third-order valence-electron chi connectivity index (χ3n) is 3.90. The molecule has 118 valence electrons. The van der Waals surface area contributed by atoms with Crippen molar-refractivity contribution in [2.75, 3.05) is 32.0 Å². The SMILES string of the molecule is CNc1cccnc1S(=O)(=O)NCC1CCN(C(C)C)C1. The average molecular weight is 312 g/mol. The quantitative estimate of drug-likeness (QED) is 0.824. The number of likely N-dealkylation sites (tertiary alicyclic amines) is 1. The fraction of sp³-hybridized carbons (Fsp3) is 0.643. The van der Waals surface area contributed by atoms with Crippen LogP contribution in [0.25, 0.3) is 0 Å². The molecule has 1 unspecified atom stereocenters. The van der Waals surface area contributed by atoms with Gasteiger partial charge < -0.3 is 10.2 Å². The largest absolute Gasteiger partial charge is 0.386 e. The maximum atomic E-state index is 12.4. The van der Waals surface area contributed by atoms with Crippen LogP contribution in [-0.4, -0.2) is 51.0 Å². The van der Waals surface area contributed by atoms with Crippen LogP contribution in [0, 0.1) is 5.92 Å². The molecule has 2 N–H and O–H groups in total. The van der Waals surface area contributed by atoms with E-state index in [0.29, 0.717) is 24.2 Å². The highest BCUT2D eigenvalue weighted by Gasteiger charge is 2.26. The summed E-state index contributed by atoms with van der Waals surface area (Å²) in [4.78, 5) is 6.36. The molecular weight excluding hydrogens is 288 g/mol. The monoisotopic (exact) mass is 312 g/mol. The Hall–Kier alpha value is -1.18. The number of rotatable bonds is 6. The van der Waals surface area contributed by atoms with Crippen LogP contribution in [0.3, 0.4) is 0 Å². The van der Waals surface area contributed by atoms with Crippen LogP contribution in [-0.2, 0) is 10.0 Å². The maximum absolute atomic E-state index is 12.4. The molecule has 1 saturated heterocycles. The van der Waals surface area contributed by atoms with E-state index in [4.69, 9.17) is 0 Å². The molecule has 1 aromatic heterocycles. The number of sulfonamides is 1. The first kappa shape index (κ1) is 16.2. The van der Waals surface area contributed by atoms with Crippen LogP contribution in [0.15, 0.2) is 23.4 Å². The van der Waals surface area contributed by atoms with Crippen molar-refractivity contribution in [3.63, 3.8) is 0 Å². The number of aromatic nitrogens is 1. The van der Waals surface area contributed by atoms with Gasteiger partial charge in [-0.3, -0.25) is 0 Å². The summed E-state index contributed by atoms with van der Waals surface area (Å²) in [6, 6.07) is 3.93. The highest BCUT2D eigenvalue weighted by atomic mass is 32.2. The summed E-state index contributed by atoms with van der Waals surface area (Å²) in [7, 11) is -1.88. The first-order valence-electron chi connectivity index (χ1n) is 7.30. The van der Waals surface area contributed by atoms with Crippen molar-refractivity contribution in [3.8, 4) is 0 Å². The number of nitrogens with zero attached hydrogens (tertiary/aromatic N) is 2. The Bertz CT molecular complexity index is 574. The van der Waals surface area contributed by atoms with Gasteiger partial charge in [0.15, 0.2) is 5.03 Å². The molecule has 0 bridgehead atoms. The lowest BCUT2D eigenvalue weighted by atomic mass is 10.1. The van der Waals surface area contributed by atoms with Gasteiger partial charge in [0.1, 0.15) is 0 Å². The van der Waals surface area contributed by atoms with Crippen LogP contribution in [0.2, 0.25) is 0 Å². The Morgan fingerprint density at radius 2 is 2.24 bits per heavy atom. The standard InChI is InChI=1S/C14H24N4O2S/c1-11(2)18-8-6-12(10-18)9-17-21(19,20)14-13(15-3)5-4-7-16-14/h4-5,7,11-12,15,17H,6,8-10H2,1-3H3. The molecule has 2 heterocycles. The van der Waals surface area contributed by atoms with E-state index in [2.05, 4.69) is 33.8 Å². The smallest absolute Gasteiger partial charge is 0.260 e. The van der Waals surface area contributed by atoms with E-state index in [1.54, 1.807) is 19.2 Å². The van der Waals surface area contributed by atoms with Crippen molar-refractivity contribution in [2.45, 2.75) is 31.3 Å². The Kier molecular flexibility index (Phi) is 5.18. The van der Waals surface area contributed by atoms with Crippen LogP contribution in [0.5, 0.6) is 0 Å². The highest BCUT2D eigenvalue weighted by molar-refractivity contribution is 7.89. The zero-order chi connectivity index (χ0) is 15.5. The molecule has 1 aliphatic rings. The molecule has 0 aliphatic carbocycles. The predicted molar refractivity (Wildman–Crippen MR) is 83.8 cm³/mol. The Morgan fingerprint density at radius 1 is 1.48 bits per heavy atom. The second kappa shape index (κ2) is 6.72. The number of nitrogens with one attached hydrogen (secondary N) is 2. The molecule has 0 amide bonds. The third-order valence-corrected chi connectivity index (χ3v) is 5.29. The predicted octanol–water partition coefficient (Wildman–Crippen LogP) is 1.13. The van der Waals surface area contributed by atoms with Gasteiger partial charge in [-0.15, -0.1) is 0 Å². The summed E-state index contributed by atoms with van der Waals surface area (Å²) in [5.41, 5.74) is 0.514. The Morgan fingerprint density at radius 3 is 2.86 bits per heavy atom. The fourth-order valence-corrected chi connectivity index (χ4v) is 3.84. The van der Waals surface area contributed by atoms with Crippen LogP contribution in [0.4, 0.5) is 5.69 Å². The summed E-state index contributed by atoms with van der Waals surface area (Å²) in [6.45, 7) is 6.78. The summed E-state index contributed by atoms with van der Waals surface area (Å²) in [5, 5.41) is 2.92. The van der Waals surface area contributed by atoms with Crippen molar-refractivity contribution in [1.29, 1.82) is 0 Å². The van der Waals surface area contributed by atoms with Crippen molar-refractivity contribution >= 4 is 15.7 Å². The van der Waals surface area contributed by atoms with Gasteiger partial charge in [-0.1, -0.05) is 0 Å². The molecule has 0 radical (unpaired) electrons. The summed E-state index contributed by atoms with van der Waals surface area (Å²) in [5.74, 6) is 0.365. The highest BCUT2D eigenvalue weighted by Crippen LogP contribution is 2.20. The van der Waals surface area contributed by atoms with Gasteiger partial charge in [-0.2, -0.15) is 0 Å². The second-order valence-electron chi connectivity index (χ2n) is 5.70. The molecule has 21 heavy (non-hydrogen) atoms. The van der Waals surface area contributed by atoms with E-state index in [-0.39, 0.29) is 5.03 Å². The van der Waals surface area contributed by atoms with Crippen LogP contribution < -0.4 is 10.0 Å². The summed E-state index contributed by atoms with van der Waals surface area (Å²) >= 11 is 0. The molecule has 1 aromatic rings. The van der Waals surface area contributed by atoms with Gasteiger partial charge in [0.25, 0.3) is 10.0 Å². The normalized spacial score (nSPS) is 20.1. The molecule has 1 fully saturated rings. The molecule has 0 aromatic carbocycles. The molecule has 2 rings (SSSR count). The van der Waals surface area contributed by atoms with E-state index in [9.17, 15) is 8.42 Å². The van der Waals surface area contributed by atoms with E-state index in [0.717, 1.165) is 19.5 Å². The van der Waals surface area contributed by atoms with Crippen molar-refractivity contribution in [1.82, 2.24) is 14.6 Å². The minimum Gasteiger partial charge on any atom is -0.386 e. The number of anilines is 1. The Balaban J connectivity index is 1.99. The van der Waals surface area contributed by atoms with E-state index in [1.165, 1.54) is 6.20 Å². The second-order valence-corrected chi connectivity index (χ2v) is 7.38. The van der Waals surface area contributed by atoms with Gasteiger partial charge in [-0.25, -0.2) is 18.1 Å². The number of hydrogen-bond acceptors (Lipinski definition) is 5. The third kappa shape index (κ3) is 3.93. The lowest BCUT2D eigenvalue weighted by Crippen LogP contribution is -2.33. The van der Waals surface area contributed by atoms with Gasteiger partial charge in [-0.05, 0) is 44.9 Å². The zero-order valence-electron chi connectivity index (χ0n) is 12.8. The lowest BCUT2D eigenvalue weighted by molar-refractivity contribution is 0.265. The molecule has 0 saturated carbocycles.